The van der Waals surface area contributed by atoms with Crippen molar-refractivity contribution in [2.45, 2.75) is 31.9 Å². The largest absolute Gasteiger partial charge is 0.396 e. The Hall–Kier alpha value is -2.53. The Balaban J connectivity index is 2.31. The highest BCUT2D eigenvalue weighted by atomic mass is 16.6. The summed E-state index contributed by atoms with van der Waals surface area (Å²) in [5.41, 5.74) is -1.78. The van der Waals surface area contributed by atoms with Crippen molar-refractivity contribution in [1.29, 1.82) is 0 Å². The Bertz CT molecular complexity index is 674. The van der Waals surface area contributed by atoms with Crippen LogP contribution < -0.4 is 16.2 Å². The SMILES string of the molecule is CC(=O)Nc1nc(N[C@@H]2C[C@H](CO)[C@@H](O)C2)c([N+](=O)[O-])c(=O)[nH]1. The van der Waals surface area contributed by atoms with Crippen molar-refractivity contribution in [2.75, 3.05) is 17.2 Å². The van der Waals surface area contributed by atoms with Crippen LogP contribution in [0.4, 0.5) is 17.5 Å². The first-order valence-electron chi connectivity index (χ1n) is 6.93. The minimum Gasteiger partial charge on any atom is -0.396 e. The molecule has 1 heterocycles. The lowest BCUT2D eigenvalue weighted by Gasteiger charge is -2.13. The van der Waals surface area contributed by atoms with Gasteiger partial charge in [-0.2, -0.15) is 4.98 Å². The van der Waals surface area contributed by atoms with Crippen LogP contribution in [0.3, 0.4) is 0 Å². The van der Waals surface area contributed by atoms with Crippen molar-refractivity contribution >= 4 is 23.4 Å². The van der Waals surface area contributed by atoms with Gasteiger partial charge in [-0.05, 0) is 12.8 Å². The highest BCUT2D eigenvalue weighted by Crippen LogP contribution is 2.29. The monoisotopic (exact) mass is 327 g/mol. The number of nitrogens with one attached hydrogen (secondary N) is 3. The average Bonchev–Trinajstić information content (AvgIpc) is 2.76. The quantitative estimate of drug-likeness (QED) is 0.345. The Morgan fingerprint density at radius 1 is 1.52 bits per heavy atom. The van der Waals surface area contributed by atoms with Gasteiger partial charge in [-0.15, -0.1) is 0 Å². The fourth-order valence-corrected chi connectivity index (χ4v) is 2.57. The van der Waals surface area contributed by atoms with Gasteiger partial charge in [0, 0.05) is 25.5 Å². The van der Waals surface area contributed by atoms with Gasteiger partial charge < -0.3 is 15.5 Å². The lowest BCUT2D eigenvalue weighted by Crippen LogP contribution is -2.24. The smallest absolute Gasteiger partial charge is 0.375 e. The normalized spacial score (nSPS) is 23.5. The molecule has 1 aromatic heterocycles. The first-order valence-corrected chi connectivity index (χ1v) is 6.93. The van der Waals surface area contributed by atoms with Crippen LogP contribution in [0.5, 0.6) is 0 Å². The summed E-state index contributed by atoms with van der Waals surface area (Å²) in [6.07, 6.45) is -0.112. The summed E-state index contributed by atoms with van der Waals surface area (Å²) in [5.74, 6) is -1.35. The number of hydrogen-bond donors (Lipinski definition) is 5. The Morgan fingerprint density at radius 3 is 2.74 bits per heavy atom. The van der Waals surface area contributed by atoms with E-state index in [0.29, 0.717) is 6.42 Å². The molecule has 0 saturated heterocycles. The average molecular weight is 327 g/mol. The maximum Gasteiger partial charge on any atom is 0.375 e. The number of aromatic amines is 1. The van der Waals surface area contributed by atoms with E-state index in [2.05, 4.69) is 20.6 Å². The highest BCUT2D eigenvalue weighted by Gasteiger charge is 2.34. The minimum atomic E-state index is -1.01. The molecule has 2 rings (SSSR count). The molecule has 1 aliphatic rings. The van der Waals surface area contributed by atoms with E-state index in [1.165, 1.54) is 6.92 Å². The van der Waals surface area contributed by atoms with Crippen molar-refractivity contribution in [3.63, 3.8) is 0 Å². The fourth-order valence-electron chi connectivity index (χ4n) is 2.57. The third-order valence-corrected chi connectivity index (χ3v) is 3.60. The van der Waals surface area contributed by atoms with Crippen LogP contribution in [0.2, 0.25) is 0 Å². The molecule has 1 aromatic rings. The summed E-state index contributed by atoms with van der Waals surface area (Å²) >= 11 is 0. The molecule has 0 bridgehead atoms. The summed E-state index contributed by atoms with van der Waals surface area (Å²) in [6, 6.07) is -0.389. The first-order chi connectivity index (χ1) is 10.8. The number of hydrogen-bond acceptors (Lipinski definition) is 8. The van der Waals surface area contributed by atoms with E-state index in [1.54, 1.807) is 0 Å². The van der Waals surface area contributed by atoms with E-state index >= 15 is 0 Å². The van der Waals surface area contributed by atoms with Crippen molar-refractivity contribution in [2.24, 2.45) is 5.92 Å². The number of aromatic nitrogens is 2. The number of nitro groups is 1. The molecule has 11 heteroatoms. The second-order valence-electron chi connectivity index (χ2n) is 5.37. The number of anilines is 2. The van der Waals surface area contributed by atoms with E-state index in [0.717, 1.165) is 0 Å². The number of rotatable bonds is 5. The van der Waals surface area contributed by atoms with E-state index in [1.807, 2.05) is 0 Å². The molecule has 1 aliphatic carbocycles. The lowest BCUT2D eigenvalue weighted by molar-refractivity contribution is -0.385. The molecule has 23 heavy (non-hydrogen) atoms. The zero-order chi connectivity index (χ0) is 17.1. The van der Waals surface area contributed by atoms with Crippen LogP contribution in [-0.2, 0) is 4.79 Å². The van der Waals surface area contributed by atoms with Crippen molar-refractivity contribution < 1.29 is 19.9 Å². The van der Waals surface area contributed by atoms with Crippen molar-refractivity contribution in [3.05, 3.63) is 20.5 Å². The predicted octanol–water partition coefficient (Wildman–Crippen LogP) is -0.820. The zero-order valence-electron chi connectivity index (χ0n) is 12.3. The molecule has 1 saturated carbocycles. The molecular formula is C12H17N5O6. The van der Waals surface area contributed by atoms with E-state index in [9.17, 15) is 24.8 Å². The van der Waals surface area contributed by atoms with Gasteiger partial charge in [0.2, 0.25) is 17.7 Å². The van der Waals surface area contributed by atoms with Gasteiger partial charge in [0.15, 0.2) is 0 Å². The lowest BCUT2D eigenvalue weighted by atomic mass is 10.1. The third kappa shape index (κ3) is 3.81. The van der Waals surface area contributed by atoms with E-state index < -0.39 is 28.2 Å². The number of carbonyl (C=O) groups is 1. The van der Waals surface area contributed by atoms with Crippen molar-refractivity contribution in [3.8, 4) is 0 Å². The fraction of sp³-hybridized carbons (Fsp3) is 0.583. The number of aliphatic hydroxyl groups is 2. The third-order valence-electron chi connectivity index (χ3n) is 3.60. The van der Waals surface area contributed by atoms with Crippen LogP contribution >= 0.6 is 0 Å². The van der Waals surface area contributed by atoms with Gasteiger partial charge in [-0.1, -0.05) is 0 Å². The maximum atomic E-state index is 11.8. The first kappa shape index (κ1) is 16.8. The molecule has 1 fully saturated rings. The van der Waals surface area contributed by atoms with Crippen LogP contribution in [0.1, 0.15) is 19.8 Å². The second kappa shape index (κ2) is 6.71. The molecule has 5 N–H and O–H groups in total. The maximum absolute atomic E-state index is 11.8. The molecule has 0 aliphatic heterocycles. The molecule has 11 nitrogen and oxygen atoms in total. The number of carbonyl (C=O) groups excluding carboxylic acids is 1. The molecule has 0 spiro atoms. The van der Waals surface area contributed by atoms with Gasteiger partial charge in [-0.25, -0.2) is 0 Å². The van der Waals surface area contributed by atoms with Crippen molar-refractivity contribution in [1.82, 2.24) is 9.97 Å². The summed E-state index contributed by atoms with van der Waals surface area (Å²) in [4.78, 5) is 39.0. The van der Waals surface area contributed by atoms with E-state index in [4.69, 9.17) is 5.11 Å². The predicted molar refractivity (Wildman–Crippen MR) is 79.0 cm³/mol. The number of nitrogens with zero attached hydrogens (tertiary/aromatic N) is 2. The van der Waals surface area contributed by atoms with Crippen LogP contribution in [0.15, 0.2) is 4.79 Å². The van der Waals surface area contributed by atoms with Gasteiger partial charge in [0.1, 0.15) is 0 Å². The number of aliphatic hydroxyl groups excluding tert-OH is 2. The zero-order valence-corrected chi connectivity index (χ0v) is 12.3. The highest BCUT2D eigenvalue weighted by molar-refractivity contribution is 5.87. The minimum absolute atomic E-state index is 0.207. The van der Waals surface area contributed by atoms with Crippen LogP contribution in [-0.4, -0.2) is 49.8 Å². The summed E-state index contributed by atoms with van der Waals surface area (Å²) in [5, 5.41) is 35.0. The Labute approximate surface area is 129 Å². The van der Waals surface area contributed by atoms with Crippen LogP contribution in [0, 0.1) is 16.0 Å². The topological polar surface area (TPSA) is 170 Å². The molecule has 126 valence electrons. The molecule has 0 radical (unpaired) electrons. The van der Waals surface area contributed by atoms with Gasteiger partial charge in [-0.3, -0.25) is 30.0 Å². The molecule has 0 aromatic carbocycles. The number of amides is 1. The second-order valence-corrected chi connectivity index (χ2v) is 5.37. The molecule has 3 atom stereocenters. The van der Waals surface area contributed by atoms with Crippen LogP contribution in [0.25, 0.3) is 0 Å². The van der Waals surface area contributed by atoms with Gasteiger partial charge in [0.25, 0.3) is 0 Å². The van der Waals surface area contributed by atoms with E-state index in [-0.39, 0.29) is 36.8 Å². The molecular weight excluding hydrogens is 310 g/mol. The Morgan fingerprint density at radius 2 is 2.22 bits per heavy atom. The number of H-pyrrole nitrogens is 1. The summed E-state index contributed by atoms with van der Waals surface area (Å²) in [6.45, 7) is 0.995. The summed E-state index contributed by atoms with van der Waals surface area (Å²) < 4.78 is 0. The standard InChI is InChI=1S/C12H17N5O6/c1-5(19)13-12-15-10(9(17(22)23)11(21)16-12)14-7-2-6(4-18)8(20)3-7/h6-8,18,20H,2-4H2,1H3,(H3,13,14,15,16,19,21)/t6-,7-,8+/m1/s1. The molecule has 1 amide bonds. The Kier molecular flexibility index (Phi) is 4.91. The van der Waals surface area contributed by atoms with Gasteiger partial charge in [0.05, 0.1) is 11.0 Å². The summed E-state index contributed by atoms with van der Waals surface area (Å²) in [7, 11) is 0. The van der Waals surface area contributed by atoms with Gasteiger partial charge >= 0.3 is 11.2 Å². The molecule has 0 unspecified atom stereocenters.